The van der Waals surface area contributed by atoms with Crippen LogP contribution >= 0.6 is 0 Å². The molecule has 0 saturated heterocycles. The number of para-hydroxylation sites is 1. The van der Waals surface area contributed by atoms with E-state index in [0.717, 1.165) is 33.5 Å². The van der Waals surface area contributed by atoms with Crippen molar-refractivity contribution in [1.29, 1.82) is 0 Å². The zero-order chi connectivity index (χ0) is 21.7. The van der Waals surface area contributed by atoms with Crippen molar-refractivity contribution in [3.05, 3.63) is 83.6 Å². The van der Waals surface area contributed by atoms with E-state index in [4.69, 9.17) is 9.47 Å². The molecule has 1 atom stereocenters. The van der Waals surface area contributed by atoms with E-state index in [1.165, 1.54) is 7.11 Å². The zero-order valence-electron chi connectivity index (χ0n) is 17.5. The van der Waals surface area contributed by atoms with Gasteiger partial charge >= 0.3 is 0 Å². The predicted octanol–water partition coefficient (Wildman–Crippen LogP) is 4.65. The molecule has 31 heavy (non-hydrogen) atoms. The van der Waals surface area contributed by atoms with E-state index in [9.17, 15) is 9.90 Å². The number of ether oxygens (including phenoxy) is 2. The Morgan fingerprint density at radius 3 is 2.39 bits per heavy atom. The van der Waals surface area contributed by atoms with E-state index in [-0.39, 0.29) is 17.7 Å². The fourth-order valence-corrected chi connectivity index (χ4v) is 4.51. The number of rotatable bonds is 4. The third kappa shape index (κ3) is 2.75. The number of benzene rings is 3. The number of aromatic nitrogens is 1. The van der Waals surface area contributed by atoms with Gasteiger partial charge in [0.2, 0.25) is 0 Å². The van der Waals surface area contributed by atoms with Gasteiger partial charge in [-0.1, -0.05) is 24.3 Å². The van der Waals surface area contributed by atoms with Crippen LogP contribution in [-0.2, 0) is 7.05 Å². The molecule has 5 rings (SSSR count). The second-order valence-corrected chi connectivity index (χ2v) is 7.55. The number of amides is 1. The molecule has 1 aliphatic rings. The minimum Gasteiger partial charge on any atom is -0.504 e. The molecule has 2 heterocycles. The molecule has 0 spiro atoms. The quantitative estimate of drug-likeness (QED) is 0.528. The first-order chi connectivity index (χ1) is 15.0. The fourth-order valence-electron chi connectivity index (χ4n) is 4.51. The number of methoxy groups -OCH3 is 2. The first kappa shape index (κ1) is 19.1. The molecule has 6 nitrogen and oxygen atoms in total. The molecule has 0 saturated carbocycles. The van der Waals surface area contributed by atoms with Gasteiger partial charge in [0.15, 0.2) is 11.5 Å². The van der Waals surface area contributed by atoms with Crippen LogP contribution in [0.1, 0.15) is 27.7 Å². The number of hydrogen-bond donors (Lipinski definition) is 1. The van der Waals surface area contributed by atoms with Gasteiger partial charge in [-0.25, -0.2) is 0 Å². The summed E-state index contributed by atoms with van der Waals surface area (Å²) in [5, 5.41) is 11.1. The largest absolute Gasteiger partial charge is 0.504 e. The van der Waals surface area contributed by atoms with Gasteiger partial charge in [0, 0.05) is 29.2 Å². The van der Waals surface area contributed by atoms with E-state index in [0.29, 0.717) is 11.4 Å². The average molecular weight is 414 g/mol. The van der Waals surface area contributed by atoms with Gasteiger partial charge in [0.25, 0.3) is 5.91 Å². The smallest absolute Gasteiger partial charge is 0.276 e. The third-order valence-electron chi connectivity index (χ3n) is 5.97. The van der Waals surface area contributed by atoms with Crippen LogP contribution in [0.25, 0.3) is 10.9 Å². The molecule has 156 valence electrons. The van der Waals surface area contributed by atoms with Crippen LogP contribution in [0.4, 0.5) is 5.69 Å². The van der Waals surface area contributed by atoms with Gasteiger partial charge in [-0.05, 0) is 48.0 Å². The topological polar surface area (TPSA) is 63.9 Å². The van der Waals surface area contributed by atoms with Crippen LogP contribution < -0.4 is 14.4 Å². The SMILES string of the molecule is COc1ccc(N2C(=O)c3c(c4ccccc4n3C)C2c2ccc(O)c(OC)c2)cc1. The molecule has 3 aromatic carbocycles. The minimum atomic E-state index is -0.364. The highest BCUT2D eigenvalue weighted by atomic mass is 16.5. The zero-order valence-corrected chi connectivity index (χ0v) is 17.5. The molecule has 0 fully saturated rings. The summed E-state index contributed by atoms with van der Waals surface area (Å²) < 4.78 is 12.6. The van der Waals surface area contributed by atoms with Crippen molar-refractivity contribution in [2.24, 2.45) is 7.05 Å². The van der Waals surface area contributed by atoms with Crippen LogP contribution in [0.3, 0.4) is 0 Å². The molecule has 0 aliphatic carbocycles. The first-order valence-corrected chi connectivity index (χ1v) is 9.97. The number of phenolic OH excluding ortho intramolecular Hbond substituents is 1. The van der Waals surface area contributed by atoms with Gasteiger partial charge in [-0.3, -0.25) is 9.69 Å². The lowest BCUT2D eigenvalue weighted by molar-refractivity contribution is 0.0986. The summed E-state index contributed by atoms with van der Waals surface area (Å²) >= 11 is 0. The van der Waals surface area contributed by atoms with E-state index >= 15 is 0 Å². The lowest BCUT2D eigenvalue weighted by Gasteiger charge is -2.27. The Balaban J connectivity index is 1.77. The fraction of sp³-hybridized carbons (Fsp3) is 0.160. The van der Waals surface area contributed by atoms with Gasteiger partial charge in [0.05, 0.1) is 20.3 Å². The monoisotopic (exact) mass is 414 g/mol. The first-order valence-electron chi connectivity index (χ1n) is 9.97. The highest BCUT2D eigenvalue weighted by Crippen LogP contribution is 2.47. The Bertz CT molecular complexity index is 1310. The molecule has 0 bridgehead atoms. The van der Waals surface area contributed by atoms with Crippen molar-refractivity contribution in [3.8, 4) is 17.2 Å². The van der Waals surface area contributed by atoms with E-state index in [2.05, 4.69) is 0 Å². The summed E-state index contributed by atoms with van der Waals surface area (Å²) in [6, 6.07) is 20.4. The van der Waals surface area contributed by atoms with Crippen molar-refractivity contribution in [1.82, 2.24) is 4.57 Å². The molecule has 1 unspecified atom stereocenters. The number of aromatic hydroxyl groups is 1. The highest BCUT2D eigenvalue weighted by molar-refractivity contribution is 6.15. The second kappa shape index (κ2) is 7.09. The Morgan fingerprint density at radius 2 is 1.68 bits per heavy atom. The maximum atomic E-state index is 13.7. The number of hydrogen-bond acceptors (Lipinski definition) is 4. The van der Waals surface area contributed by atoms with Crippen LogP contribution in [0, 0.1) is 0 Å². The van der Waals surface area contributed by atoms with Crippen molar-refractivity contribution in [3.63, 3.8) is 0 Å². The summed E-state index contributed by atoms with van der Waals surface area (Å²) in [5.41, 5.74) is 4.24. The minimum absolute atomic E-state index is 0.0599. The normalized spacial score (nSPS) is 15.4. The lowest BCUT2D eigenvalue weighted by Crippen LogP contribution is -2.29. The second-order valence-electron chi connectivity index (χ2n) is 7.55. The maximum Gasteiger partial charge on any atom is 0.276 e. The number of anilines is 1. The van der Waals surface area contributed by atoms with Crippen LogP contribution in [0.5, 0.6) is 17.2 Å². The summed E-state index contributed by atoms with van der Waals surface area (Å²) in [4.78, 5) is 15.5. The third-order valence-corrected chi connectivity index (χ3v) is 5.97. The summed E-state index contributed by atoms with van der Waals surface area (Å²) in [6.07, 6.45) is 0. The van der Waals surface area contributed by atoms with Crippen molar-refractivity contribution >= 4 is 22.5 Å². The Hall–Kier alpha value is -3.93. The van der Waals surface area contributed by atoms with Crippen molar-refractivity contribution in [2.45, 2.75) is 6.04 Å². The molecule has 1 N–H and O–H groups in total. The van der Waals surface area contributed by atoms with E-state index in [1.54, 1.807) is 24.1 Å². The summed E-state index contributed by atoms with van der Waals surface area (Å²) in [6.45, 7) is 0. The Labute approximate surface area is 179 Å². The molecule has 6 heteroatoms. The van der Waals surface area contributed by atoms with E-state index < -0.39 is 0 Å². The van der Waals surface area contributed by atoms with Gasteiger partial charge < -0.3 is 19.1 Å². The van der Waals surface area contributed by atoms with Crippen LogP contribution in [-0.4, -0.2) is 29.8 Å². The number of nitrogens with zero attached hydrogens (tertiary/aromatic N) is 2. The van der Waals surface area contributed by atoms with E-state index in [1.807, 2.05) is 66.2 Å². The Morgan fingerprint density at radius 1 is 0.935 bits per heavy atom. The van der Waals surface area contributed by atoms with Gasteiger partial charge in [-0.15, -0.1) is 0 Å². The molecule has 1 aromatic heterocycles. The standard InChI is InChI=1S/C25H22N2O4/c1-26-19-7-5-4-6-18(19)22-23(15-8-13-20(28)21(14-15)31-3)27(25(29)24(22)26)16-9-11-17(30-2)12-10-16/h4-14,23,28H,1-3H3. The highest BCUT2D eigenvalue weighted by Gasteiger charge is 2.43. The number of phenols is 1. The maximum absolute atomic E-state index is 13.7. The van der Waals surface area contributed by atoms with Crippen molar-refractivity contribution in [2.75, 3.05) is 19.1 Å². The number of carbonyl (C=O) groups excluding carboxylic acids is 1. The number of aryl methyl sites for hydroxylation is 1. The van der Waals surface area contributed by atoms with Gasteiger partial charge in [0.1, 0.15) is 11.4 Å². The molecule has 4 aromatic rings. The molecular weight excluding hydrogens is 392 g/mol. The molecule has 1 aliphatic heterocycles. The number of carbonyl (C=O) groups is 1. The van der Waals surface area contributed by atoms with Crippen LogP contribution in [0.15, 0.2) is 66.7 Å². The lowest BCUT2D eigenvalue weighted by atomic mass is 9.97. The summed E-state index contributed by atoms with van der Waals surface area (Å²) in [5.74, 6) is 1.08. The molecule has 0 radical (unpaired) electrons. The van der Waals surface area contributed by atoms with Crippen LogP contribution in [0.2, 0.25) is 0 Å². The average Bonchev–Trinajstić information content (AvgIpc) is 3.27. The predicted molar refractivity (Wildman–Crippen MR) is 119 cm³/mol. The molecular formula is C25H22N2O4. The Kier molecular flexibility index (Phi) is 4.36. The number of fused-ring (bicyclic) bond motifs is 3. The van der Waals surface area contributed by atoms with Gasteiger partial charge in [-0.2, -0.15) is 0 Å². The van der Waals surface area contributed by atoms with Crippen molar-refractivity contribution < 1.29 is 19.4 Å². The molecule has 1 amide bonds. The summed E-state index contributed by atoms with van der Waals surface area (Å²) in [7, 11) is 5.05.